The molecule has 6 heteroatoms. The Kier molecular flexibility index (Phi) is 3.13. The number of hydrogen-bond donors (Lipinski definition) is 2. The average molecular weight is 196 g/mol. The summed E-state index contributed by atoms with van der Waals surface area (Å²) in [5, 5.41) is 11.1. The zero-order chi connectivity index (χ0) is 9.90. The van der Waals surface area contributed by atoms with E-state index < -0.39 is 18.8 Å². The second kappa shape index (κ2) is 3.95. The fourth-order valence-corrected chi connectivity index (χ4v) is 1.01. The molecule has 1 unspecified atom stereocenters. The second-order valence-corrected chi connectivity index (χ2v) is 2.87. The molecular weight excluding hydrogens is 185 g/mol. The zero-order valence-electron chi connectivity index (χ0n) is 6.93. The lowest BCUT2D eigenvalue weighted by atomic mass is 10.3. The number of aliphatic hydroxyl groups excluding tert-OH is 1. The molecule has 0 radical (unpaired) electrons. The van der Waals surface area contributed by atoms with Crippen molar-refractivity contribution in [2.45, 2.75) is 25.1 Å². The predicted octanol–water partition coefficient (Wildman–Crippen LogP) is 0.692. The number of rotatable bonds is 2. The standard InChI is InChI=1S/C7H11F3N2O/c8-7(9,10)5(13)4-12-6-2-1-3-11-6/h5,13H,1-4H2,(H,11,12). The van der Waals surface area contributed by atoms with Gasteiger partial charge in [0, 0.05) is 13.0 Å². The molecule has 0 aromatic rings. The van der Waals surface area contributed by atoms with Crippen LogP contribution in [0.2, 0.25) is 0 Å². The quantitative estimate of drug-likeness (QED) is 0.682. The first-order valence-electron chi connectivity index (χ1n) is 4.02. The topological polar surface area (TPSA) is 44.6 Å². The Labute approximate surface area is 73.7 Å². The fraction of sp³-hybridized carbons (Fsp3) is 0.857. The van der Waals surface area contributed by atoms with Crippen molar-refractivity contribution in [3.8, 4) is 0 Å². The maximum atomic E-state index is 11.8. The van der Waals surface area contributed by atoms with Crippen LogP contribution in [0.15, 0.2) is 4.99 Å². The summed E-state index contributed by atoms with van der Waals surface area (Å²) in [5.41, 5.74) is 0. The van der Waals surface area contributed by atoms with Crippen LogP contribution in [-0.4, -0.2) is 36.3 Å². The molecule has 2 N–H and O–H groups in total. The summed E-state index contributed by atoms with van der Waals surface area (Å²) in [6.07, 6.45) is -5.32. The Hall–Kier alpha value is -0.780. The van der Waals surface area contributed by atoms with Gasteiger partial charge in [-0.1, -0.05) is 0 Å². The van der Waals surface area contributed by atoms with Crippen LogP contribution < -0.4 is 5.32 Å². The SMILES string of the molecule is OC(CNC1=NCCC1)C(F)(F)F. The monoisotopic (exact) mass is 196 g/mol. The van der Waals surface area contributed by atoms with Crippen molar-refractivity contribution in [3.63, 3.8) is 0 Å². The average Bonchev–Trinajstić information content (AvgIpc) is 2.50. The van der Waals surface area contributed by atoms with Crippen LogP contribution in [-0.2, 0) is 0 Å². The van der Waals surface area contributed by atoms with E-state index in [4.69, 9.17) is 5.11 Å². The van der Waals surface area contributed by atoms with E-state index in [0.717, 1.165) is 6.42 Å². The Morgan fingerprint density at radius 1 is 1.54 bits per heavy atom. The molecular formula is C7H11F3N2O. The zero-order valence-corrected chi connectivity index (χ0v) is 6.93. The molecule has 1 heterocycles. The summed E-state index contributed by atoms with van der Waals surface area (Å²) in [6, 6.07) is 0. The highest BCUT2D eigenvalue weighted by Crippen LogP contribution is 2.19. The molecule has 0 saturated carbocycles. The highest BCUT2D eigenvalue weighted by atomic mass is 19.4. The minimum atomic E-state index is -4.55. The Bertz CT molecular complexity index is 202. The molecule has 0 amide bonds. The van der Waals surface area contributed by atoms with Crippen LogP contribution in [0.25, 0.3) is 0 Å². The number of aliphatic imine (C=N–C) groups is 1. The third kappa shape index (κ3) is 3.22. The number of alkyl halides is 3. The number of nitrogens with one attached hydrogen (secondary N) is 1. The number of amidine groups is 1. The summed E-state index contributed by atoms with van der Waals surface area (Å²) in [7, 11) is 0. The van der Waals surface area contributed by atoms with Gasteiger partial charge in [-0.15, -0.1) is 0 Å². The van der Waals surface area contributed by atoms with Crippen LogP contribution in [0, 0.1) is 0 Å². The first kappa shape index (κ1) is 10.3. The first-order valence-corrected chi connectivity index (χ1v) is 4.02. The Balaban J connectivity index is 2.25. The molecule has 76 valence electrons. The van der Waals surface area contributed by atoms with Gasteiger partial charge in [-0.2, -0.15) is 13.2 Å². The molecule has 0 aliphatic carbocycles. The highest BCUT2D eigenvalue weighted by molar-refractivity contribution is 5.83. The second-order valence-electron chi connectivity index (χ2n) is 2.87. The van der Waals surface area contributed by atoms with Crippen molar-refractivity contribution < 1.29 is 18.3 Å². The number of hydrogen-bond acceptors (Lipinski definition) is 3. The van der Waals surface area contributed by atoms with Crippen LogP contribution in [0.3, 0.4) is 0 Å². The fourth-order valence-electron chi connectivity index (χ4n) is 1.01. The van der Waals surface area contributed by atoms with E-state index in [1.54, 1.807) is 0 Å². The molecule has 1 aliphatic heterocycles. The van der Waals surface area contributed by atoms with E-state index >= 15 is 0 Å². The highest BCUT2D eigenvalue weighted by Gasteiger charge is 2.37. The van der Waals surface area contributed by atoms with Gasteiger partial charge in [0.1, 0.15) is 0 Å². The van der Waals surface area contributed by atoms with Gasteiger partial charge in [0.05, 0.1) is 12.4 Å². The van der Waals surface area contributed by atoms with E-state index in [1.165, 1.54) is 0 Å². The molecule has 0 bridgehead atoms. The van der Waals surface area contributed by atoms with E-state index in [1.807, 2.05) is 0 Å². The van der Waals surface area contributed by atoms with Crippen LogP contribution in [0.4, 0.5) is 13.2 Å². The van der Waals surface area contributed by atoms with Crippen molar-refractivity contribution in [1.29, 1.82) is 0 Å². The van der Waals surface area contributed by atoms with Gasteiger partial charge >= 0.3 is 6.18 Å². The van der Waals surface area contributed by atoms with Gasteiger partial charge < -0.3 is 10.4 Å². The number of aliphatic hydroxyl groups is 1. The van der Waals surface area contributed by atoms with E-state index in [9.17, 15) is 13.2 Å². The number of halogens is 3. The molecule has 3 nitrogen and oxygen atoms in total. The van der Waals surface area contributed by atoms with Gasteiger partial charge in [-0.05, 0) is 6.42 Å². The molecule has 0 saturated heterocycles. The van der Waals surface area contributed by atoms with Crippen LogP contribution in [0.1, 0.15) is 12.8 Å². The lowest BCUT2D eigenvalue weighted by molar-refractivity contribution is -0.201. The smallest absolute Gasteiger partial charge is 0.382 e. The van der Waals surface area contributed by atoms with Gasteiger partial charge in [-0.25, -0.2) is 0 Å². The van der Waals surface area contributed by atoms with Crippen molar-refractivity contribution in [2.24, 2.45) is 4.99 Å². The predicted molar refractivity (Wildman–Crippen MR) is 41.6 cm³/mol. The Morgan fingerprint density at radius 3 is 2.69 bits per heavy atom. The van der Waals surface area contributed by atoms with Gasteiger partial charge in [0.2, 0.25) is 0 Å². The minimum absolute atomic E-state index is 0.512. The summed E-state index contributed by atoms with van der Waals surface area (Å²) < 4.78 is 35.4. The van der Waals surface area contributed by atoms with Crippen molar-refractivity contribution in [2.75, 3.05) is 13.1 Å². The molecule has 13 heavy (non-hydrogen) atoms. The molecule has 1 aliphatic rings. The van der Waals surface area contributed by atoms with Gasteiger partial charge in [0.15, 0.2) is 6.10 Å². The molecule has 0 spiro atoms. The maximum Gasteiger partial charge on any atom is 0.416 e. The summed E-state index contributed by atoms with van der Waals surface area (Å²) >= 11 is 0. The Morgan fingerprint density at radius 2 is 2.23 bits per heavy atom. The molecule has 1 rings (SSSR count). The largest absolute Gasteiger partial charge is 0.416 e. The van der Waals surface area contributed by atoms with Crippen molar-refractivity contribution >= 4 is 5.84 Å². The normalized spacial score (nSPS) is 19.8. The van der Waals surface area contributed by atoms with Crippen LogP contribution >= 0.6 is 0 Å². The maximum absolute atomic E-state index is 11.8. The van der Waals surface area contributed by atoms with E-state index in [-0.39, 0.29) is 0 Å². The minimum Gasteiger partial charge on any atom is -0.382 e. The lowest BCUT2D eigenvalue weighted by Gasteiger charge is -2.15. The first-order chi connectivity index (χ1) is 6.00. The molecule has 0 fully saturated rings. The molecule has 1 atom stereocenters. The van der Waals surface area contributed by atoms with E-state index in [0.29, 0.717) is 18.8 Å². The van der Waals surface area contributed by atoms with E-state index in [2.05, 4.69) is 10.3 Å². The third-order valence-corrected chi connectivity index (χ3v) is 1.75. The third-order valence-electron chi connectivity index (χ3n) is 1.75. The van der Waals surface area contributed by atoms with Crippen LogP contribution in [0.5, 0.6) is 0 Å². The van der Waals surface area contributed by atoms with Crippen molar-refractivity contribution in [3.05, 3.63) is 0 Å². The lowest BCUT2D eigenvalue weighted by Crippen LogP contribution is -2.40. The molecule has 0 aromatic carbocycles. The number of nitrogens with zero attached hydrogens (tertiary/aromatic N) is 1. The summed E-state index contributed by atoms with van der Waals surface area (Å²) in [6.45, 7) is 0.146. The van der Waals surface area contributed by atoms with Gasteiger partial charge in [0.25, 0.3) is 0 Å². The summed E-state index contributed by atoms with van der Waals surface area (Å²) in [4.78, 5) is 3.92. The molecule has 0 aromatic heterocycles. The van der Waals surface area contributed by atoms with Crippen molar-refractivity contribution in [1.82, 2.24) is 5.32 Å². The van der Waals surface area contributed by atoms with Gasteiger partial charge in [-0.3, -0.25) is 4.99 Å². The summed E-state index contributed by atoms with van der Waals surface area (Å²) in [5.74, 6) is 0.559.